The van der Waals surface area contributed by atoms with Crippen molar-refractivity contribution in [2.45, 2.75) is 12.8 Å². The Bertz CT molecular complexity index is 820. The molecule has 4 rings (SSSR count). The largest absolute Gasteiger partial charge is 0.340 e. The van der Waals surface area contributed by atoms with Crippen LogP contribution in [0.1, 0.15) is 12.8 Å². The molecule has 1 aromatic carbocycles. The number of nitrogens with zero attached hydrogens (tertiary/aromatic N) is 5. The van der Waals surface area contributed by atoms with Crippen LogP contribution in [0.5, 0.6) is 0 Å². The quantitative estimate of drug-likeness (QED) is 0.814. The Morgan fingerprint density at radius 2 is 1.82 bits per heavy atom. The second-order valence-corrected chi connectivity index (χ2v) is 7.70. The van der Waals surface area contributed by atoms with Crippen LogP contribution in [0.3, 0.4) is 0 Å². The fourth-order valence-corrected chi connectivity index (χ4v) is 3.95. The SMILES string of the molecule is CN1CCN(C(=O)C2CCCN(c3ncc(-c4cccc(F)c4)cn3)C2)CC1. The molecule has 2 fully saturated rings. The second kappa shape index (κ2) is 8.22. The topological polar surface area (TPSA) is 52.6 Å². The third-order valence-corrected chi connectivity index (χ3v) is 5.66. The van der Waals surface area contributed by atoms with Gasteiger partial charge in [-0.2, -0.15) is 0 Å². The lowest BCUT2D eigenvalue weighted by molar-refractivity contribution is -0.137. The van der Waals surface area contributed by atoms with E-state index in [1.54, 1.807) is 18.5 Å². The number of piperazine rings is 1. The first-order valence-electron chi connectivity index (χ1n) is 9.90. The highest BCUT2D eigenvalue weighted by Gasteiger charge is 2.31. The smallest absolute Gasteiger partial charge is 0.227 e. The van der Waals surface area contributed by atoms with Crippen molar-refractivity contribution >= 4 is 11.9 Å². The number of hydrogen-bond acceptors (Lipinski definition) is 5. The number of halogens is 1. The van der Waals surface area contributed by atoms with E-state index in [-0.39, 0.29) is 17.6 Å². The Morgan fingerprint density at radius 3 is 2.54 bits per heavy atom. The van der Waals surface area contributed by atoms with E-state index in [1.165, 1.54) is 12.1 Å². The van der Waals surface area contributed by atoms with E-state index < -0.39 is 0 Å². The van der Waals surface area contributed by atoms with Crippen LogP contribution in [0.2, 0.25) is 0 Å². The van der Waals surface area contributed by atoms with E-state index in [2.05, 4.69) is 26.8 Å². The van der Waals surface area contributed by atoms with Crippen LogP contribution in [0, 0.1) is 11.7 Å². The normalized spacial score (nSPS) is 21.0. The standard InChI is InChI=1S/C21H26FN5O/c1-25-8-10-26(11-9-25)20(28)17-5-3-7-27(15-17)21-23-13-18(14-24-21)16-4-2-6-19(22)12-16/h2,4,6,12-14,17H,3,5,7-11,15H2,1H3. The average Bonchev–Trinajstić information content (AvgIpc) is 2.74. The number of rotatable bonds is 3. The van der Waals surface area contributed by atoms with Crippen molar-refractivity contribution in [2.75, 3.05) is 51.2 Å². The van der Waals surface area contributed by atoms with E-state index in [9.17, 15) is 9.18 Å². The molecule has 1 atom stereocenters. The fraction of sp³-hybridized carbons (Fsp3) is 0.476. The van der Waals surface area contributed by atoms with Crippen molar-refractivity contribution in [1.29, 1.82) is 0 Å². The molecule has 0 N–H and O–H groups in total. The molecule has 0 aliphatic carbocycles. The van der Waals surface area contributed by atoms with Gasteiger partial charge in [-0.15, -0.1) is 0 Å². The van der Waals surface area contributed by atoms with E-state index in [1.807, 2.05) is 11.0 Å². The molecule has 148 valence electrons. The zero-order chi connectivity index (χ0) is 19.5. The molecular weight excluding hydrogens is 357 g/mol. The summed E-state index contributed by atoms with van der Waals surface area (Å²) in [5.41, 5.74) is 1.54. The molecule has 0 saturated carbocycles. The predicted molar refractivity (Wildman–Crippen MR) is 106 cm³/mol. The molecule has 0 bridgehead atoms. The summed E-state index contributed by atoms with van der Waals surface area (Å²) in [6.45, 7) is 5.01. The van der Waals surface area contributed by atoms with Crippen molar-refractivity contribution in [3.8, 4) is 11.1 Å². The summed E-state index contributed by atoms with van der Waals surface area (Å²) in [7, 11) is 2.09. The van der Waals surface area contributed by atoms with Gasteiger partial charge in [0.15, 0.2) is 0 Å². The van der Waals surface area contributed by atoms with E-state index in [0.717, 1.165) is 56.7 Å². The number of carbonyl (C=O) groups is 1. The molecule has 0 spiro atoms. The van der Waals surface area contributed by atoms with Crippen molar-refractivity contribution in [3.05, 3.63) is 42.5 Å². The number of carbonyl (C=O) groups excluding carboxylic acids is 1. The van der Waals surface area contributed by atoms with Crippen LogP contribution in [0.15, 0.2) is 36.7 Å². The zero-order valence-corrected chi connectivity index (χ0v) is 16.2. The minimum atomic E-state index is -0.275. The molecule has 2 aliphatic rings. The highest BCUT2D eigenvalue weighted by molar-refractivity contribution is 5.79. The lowest BCUT2D eigenvalue weighted by Crippen LogP contribution is -2.51. The van der Waals surface area contributed by atoms with Gasteiger partial charge in [0, 0.05) is 57.2 Å². The molecule has 7 heteroatoms. The minimum absolute atomic E-state index is 0.00338. The van der Waals surface area contributed by atoms with Gasteiger partial charge < -0.3 is 14.7 Å². The second-order valence-electron chi connectivity index (χ2n) is 7.70. The first kappa shape index (κ1) is 18.8. The van der Waals surface area contributed by atoms with Crippen LogP contribution in [0.25, 0.3) is 11.1 Å². The summed E-state index contributed by atoms with van der Waals surface area (Å²) >= 11 is 0. The summed E-state index contributed by atoms with van der Waals surface area (Å²) in [5, 5.41) is 0. The van der Waals surface area contributed by atoms with Gasteiger partial charge in [0.2, 0.25) is 11.9 Å². The van der Waals surface area contributed by atoms with Crippen LogP contribution in [0.4, 0.5) is 10.3 Å². The van der Waals surface area contributed by atoms with E-state index in [4.69, 9.17) is 0 Å². The Kier molecular flexibility index (Phi) is 5.52. The summed E-state index contributed by atoms with van der Waals surface area (Å²) < 4.78 is 13.4. The summed E-state index contributed by atoms with van der Waals surface area (Å²) in [6.07, 6.45) is 5.33. The van der Waals surface area contributed by atoms with Gasteiger partial charge in [-0.1, -0.05) is 12.1 Å². The van der Waals surface area contributed by atoms with Gasteiger partial charge in [-0.25, -0.2) is 14.4 Å². The average molecular weight is 383 g/mol. The van der Waals surface area contributed by atoms with Crippen molar-refractivity contribution in [2.24, 2.45) is 5.92 Å². The predicted octanol–water partition coefficient (Wildman–Crippen LogP) is 2.27. The molecule has 6 nitrogen and oxygen atoms in total. The van der Waals surface area contributed by atoms with Gasteiger partial charge in [-0.3, -0.25) is 4.79 Å². The molecule has 3 heterocycles. The van der Waals surface area contributed by atoms with Gasteiger partial charge in [-0.05, 0) is 37.6 Å². The van der Waals surface area contributed by atoms with Crippen molar-refractivity contribution in [3.63, 3.8) is 0 Å². The van der Waals surface area contributed by atoms with Crippen LogP contribution in [-0.2, 0) is 4.79 Å². The highest BCUT2D eigenvalue weighted by Crippen LogP contribution is 2.24. The monoisotopic (exact) mass is 383 g/mol. The van der Waals surface area contributed by atoms with Gasteiger partial charge in [0.05, 0.1) is 5.92 Å². The van der Waals surface area contributed by atoms with Gasteiger partial charge in [0.1, 0.15) is 5.82 Å². The van der Waals surface area contributed by atoms with Gasteiger partial charge in [0.25, 0.3) is 0 Å². The number of benzene rings is 1. The summed E-state index contributed by atoms with van der Waals surface area (Å²) in [6, 6.07) is 6.42. The third kappa shape index (κ3) is 4.14. The van der Waals surface area contributed by atoms with Crippen LogP contribution < -0.4 is 4.90 Å². The van der Waals surface area contributed by atoms with Crippen molar-refractivity contribution < 1.29 is 9.18 Å². The number of anilines is 1. The number of aromatic nitrogens is 2. The number of hydrogen-bond donors (Lipinski definition) is 0. The van der Waals surface area contributed by atoms with Crippen LogP contribution in [-0.4, -0.2) is 72.0 Å². The first-order valence-corrected chi connectivity index (χ1v) is 9.90. The van der Waals surface area contributed by atoms with Crippen LogP contribution >= 0.6 is 0 Å². The number of amides is 1. The van der Waals surface area contributed by atoms with E-state index in [0.29, 0.717) is 12.5 Å². The lowest BCUT2D eigenvalue weighted by Gasteiger charge is -2.38. The maximum Gasteiger partial charge on any atom is 0.227 e. The Morgan fingerprint density at radius 1 is 1.07 bits per heavy atom. The maximum atomic E-state index is 13.4. The molecule has 28 heavy (non-hydrogen) atoms. The molecule has 2 saturated heterocycles. The maximum absolute atomic E-state index is 13.4. The molecular formula is C21H26FN5O. The minimum Gasteiger partial charge on any atom is -0.340 e. The van der Waals surface area contributed by atoms with E-state index >= 15 is 0 Å². The first-order chi connectivity index (χ1) is 13.6. The highest BCUT2D eigenvalue weighted by atomic mass is 19.1. The molecule has 2 aliphatic heterocycles. The molecule has 1 amide bonds. The Hall–Kier alpha value is -2.54. The number of piperidine rings is 1. The van der Waals surface area contributed by atoms with Gasteiger partial charge >= 0.3 is 0 Å². The molecule has 1 aromatic heterocycles. The third-order valence-electron chi connectivity index (χ3n) is 5.66. The zero-order valence-electron chi connectivity index (χ0n) is 16.2. The number of likely N-dealkylation sites (N-methyl/N-ethyl adjacent to an activating group) is 1. The van der Waals surface area contributed by atoms with Crippen molar-refractivity contribution in [1.82, 2.24) is 19.8 Å². The lowest BCUT2D eigenvalue weighted by atomic mass is 9.96. The molecule has 2 aromatic rings. The molecule has 1 unspecified atom stereocenters. The Labute approximate surface area is 165 Å². The fourth-order valence-electron chi connectivity index (χ4n) is 3.95. The molecule has 0 radical (unpaired) electrons. The summed E-state index contributed by atoms with van der Waals surface area (Å²) in [5.74, 6) is 0.622. The Balaban J connectivity index is 1.42. The summed E-state index contributed by atoms with van der Waals surface area (Å²) in [4.78, 5) is 28.2.